The van der Waals surface area contributed by atoms with E-state index in [4.69, 9.17) is 4.74 Å². The average molecular weight is 295 g/mol. The third kappa shape index (κ3) is 6.22. The number of nitrogens with zero attached hydrogens (tertiary/aromatic N) is 1. The summed E-state index contributed by atoms with van der Waals surface area (Å²) in [5.74, 6) is -0.768. The van der Waals surface area contributed by atoms with Gasteiger partial charge in [-0.3, -0.25) is 0 Å². The van der Waals surface area contributed by atoms with Crippen molar-refractivity contribution < 1.29 is 21.8 Å². The van der Waals surface area contributed by atoms with E-state index in [-0.39, 0.29) is 18.4 Å². The number of rotatable bonds is 2. The summed E-state index contributed by atoms with van der Waals surface area (Å²) >= 11 is 0. The highest BCUT2D eigenvalue weighted by Crippen LogP contribution is 2.24. The standard InChI is InChI=1S/C12H22FNO4S/c1-9-5-10(8-19(13,16)17)7-14(6-9)11(15)18-12(2,3)4/h9-10H,5-8H2,1-4H3. The van der Waals surface area contributed by atoms with Crippen LogP contribution in [0, 0.1) is 11.8 Å². The topological polar surface area (TPSA) is 63.7 Å². The van der Waals surface area contributed by atoms with E-state index in [1.165, 1.54) is 4.90 Å². The molecule has 0 N–H and O–H groups in total. The van der Waals surface area contributed by atoms with E-state index < -0.39 is 27.7 Å². The Morgan fingerprint density at radius 3 is 2.42 bits per heavy atom. The molecule has 1 rings (SSSR count). The van der Waals surface area contributed by atoms with Gasteiger partial charge in [0.2, 0.25) is 0 Å². The predicted octanol–water partition coefficient (Wildman–Crippen LogP) is 2.18. The quantitative estimate of drug-likeness (QED) is 0.732. The van der Waals surface area contributed by atoms with Crippen LogP contribution in [0.25, 0.3) is 0 Å². The number of ether oxygens (including phenoxy) is 1. The van der Waals surface area contributed by atoms with Gasteiger partial charge in [0.05, 0.1) is 5.75 Å². The van der Waals surface area contributed by atoms with Gasteiger partial charge in [-0.05, 0) is 39.0 Å². The maximum Gasteiger partial charge on any atom is 0.410 e. The van der Waals surface area contributed by atoms with Gasteiger partial charge in [-0.25, -0.2) is 4.79 Å². The van der Waals surface area contributed by atoms with Crippen LogP contribution in [-0.4, -0.2) is 43.9 Å². The normalized spacial score (nSPS) is 25.2. The summed E-state index contributed by atoms with van der Waals surface area (Å²) in [6.07, 6.45) is 0.128. The summed E-state index contributed by atoms with van der Waals surface area (Å²) in [5.41, 5.74) is -0.598. The van der Waals surface area contributed by atoms with E-state index in [2.05, 4.69) is 0 Å². The molecule has 1 heterocycles. The van der Waals surface area contributed by atoms with Crippen molar-refractivity contribution in [1.82, 2.24) is 4.90 Å². The Kier molecular flexibility index (Phi) is 4.81. The van der Waals surface area contributed by atoms with Crippen molar-refractivity contribution >= 4 is 16.3 Å². The largest absolute Gasteiger partial charge is 0.444 e. The lowest BCUT2D eigenvalue weighted by Crippen LogP contribution is -2.46. The molecule has 1 aliphatic rings. The second kappa shape index (κ2) is 5.64. The van der Waals surface area contributed by atoms with Crippen molar-refractivity contribution in [2.75, 3.05) is 18.8 Å². The third-order valence-corrected chi connectivity index (χ3v) is 3.70. The van der Waals surface area contributed by atoms with Gasteiger partial charge < -0.3 is 9.64 Å². The van der Waals surface area contributed by atoms with E-state index >= 15 is 0 Å². The fraction of sp³-hybridized carbons (Fsp3) is 0.917. The molecule has 1 saturated heterocycles. The van der Waals surface area contributed by atoms with Gasteiger partial charge >= 0.3 is 16.3 Å². The van der Waals surface area contributed by atoms with Crippen LogP contribution in [0.15, 0.2) is 0 Å². The number of carbonyl (C=O) groups is 1. The Labute approximate surface area is 114 Å². The molecule has 112 valence electrons. The Bertz CT molecular complexity index is 430. The number of hydrogen-bond donors (Lipinski definition) is 0. The second-order valence-electron chi connectivity index (χ2n) is 6.30. The molecule has 0 aromatic carbocycles. The van der Waals surface area contributed by atoms with E-state index in [1.807, 2.05) is 6.92 Å². The molecule has 0 aromatic rings. The van der Waals surface area contributed by atoms with Gasteiger partial charge in [-0.15, -0.1) is 3.89 Å². The van der Waals surface area contributed by atoms with Crippen LogP contribution in [0.2, 0.25) is 0 Å². The molecule has 0 bridgehead atoms. The van der Waals surface area contributed by atoms with Gasteiger partial charge in [0.1, 0.15) is 5.60 Å². The first-order valence-electron chi connectivity index (χ1n) is 6.36. The van der Waals surface area contributed by atoms with E-state index in [1.54, 1.807) is 20.8 Å². The lowest BCUT2D eigenvalue weighted by molar-refractivity contribution is 0.0121. The predicted molar refractivity (Wildman–Crippen MR) is 70.0 cm³/mol. The zero-order chi connectivity index (χ0) is 14.8. The Morgan fingerprint density at radius 2 is 1.95 bits per heavy atom. The highest BCUT2D eigenvalue weighted by molar-refractivity contribution is 7.86. The van der Waals surface area contributed by atoms with Gasteiger partial charge in [0.25, 0.3) is 0 Å². The molecular formula is C12H22FNO4S. The number of hydrogen-bond acceptors (Lipinski definition) is 4. The first-order chi connectivity index (χ1) is 8.46. The van der Waals surface area contributed by atoms with Crippen LogP contribution in [0.1, 0.15) is 34.1 Å². The summed E-state index contributed by atoms with van der Waals surface area (Å²) in [5, 5.41) is 0. The second-order valence-corrected chi connectivity index (χ2v) is 7.71. The minimum atomic E-state index is -4.51. The molecule has 0 radical (unpaired) electrons. The smallest absolute Gasteiger partial charge is 0.410 e. The lowest BCUT2D eigenvalue weighted by atomic mass is 9.92. The van der Waals surface area contributed by atoms with Crippen LogP contribution in [0.5, 0.6) is 0 Å². The summed E-state index contributed by atoms with van der Waals surface area (Å²) in [4.78, 5) is 13.4. The number of amides is 1. The van der Waals surface area contributed by atoms with Crippen LogP contribution < -0.4 is 0 Å². The highest BCUT2D eigenvalue weighted by Gasteiger charge is 2.32. The van der Waals surface area contributed by atoms with Crippen LogP contribution in [0.3, 0.4) is 0 Å². The lowest BCUT2D eigenvalue weighted by Gasteiger charge is -2.36. The summed E-state index contributed by atoms with van der Waals surface area (Å²) in [7, 11) is -4.51. The summed E-state index contributed by atoms with van der Waals surface area (Å²) < 4.78 is 39.4. The minimum Gasteiger partial charge on any atom is -0.444 e. The monoisotopic (exact) mass is 295 g/mol. The maximum atomic E-state index is 12.7. The summed E-state index contributed by atoms with van der Waals surface area (Å²) in [6.45, 7) is 7.94. The van der Waals surface area contributed by atoms with Gasteiger partial charge in [-0.2, -0.15) is 8.42 Å². The molecule has 2 unspecified atom stereocenters. The molecule has 5 nitrogen and oxygen atoms in total. The fourth-order valence-electron chi connectivity index (χ4n) is 2.36. The van der Waals surface area contributed by atoms with Gasteiger partial charge in [-0.1, -0.05) is 6.92 Å². The van der Waals surface area contributed by atoms with Crippen LogP contribution in [0.4, 0.5) is 8.68 Å². The van der Waals surface area contributed by atoms with Crippen molar-refractivity contribution in [2.45, 2.75) is 39.7 Å². The average Bonchev–Trinajstić information content (AvgIpc) is 2.10. The Morgan fingerprint density at radius 1 is 1.37 bits per heavy atom. The van der Waals surface area contributed by atoms with Crippen molar-refractivity contribution in [2.24, 2.45) is 11.8 Å². The van der Waals surface area contributed by atoms with Crippen LogP contribution in [-0.2, 0) is 15.0 Å². The number of halogens is 1. The zero-order valence-corrected chi connectivity index (χ0v) is 12.7. The fourth-order valence-corrected chi connectivity index (χ4v) is 3.16. The molecule has 0 saturated carbocycles. The molecule has 0 aromatic heterocycles. The molecule has 0 spiro atoms. The van der Waals surface area contributed by atoms with E-state index in [9.17, 15) is 17.1 Å². The Balaban J connectivity index is 2.67. The zero-order valence-electron chi connectivity index (χ0n) is 11.8. The maximum absolute atomic E-state index is 12.7. The van der Waals surface area contributed by atoms with Crippen molar-refractivity contribution in [3.05, 3.63) is 0 Å². The number of carbonyl (C=O) groups excluding carboxylic acids is 1. The van der Waals surface area contributed by atoms with E-state index in [0.717, 1.165) is 0 Å². The molecule has 2 atom stereocenters. The number of piperidine rings is 1. The van der Waals surface area contributed by atoms with Gasteiger partial charge in [0.15, 0.2) is 0 Å². The van der Waals surface area contributed by atoms with Crippen LogP contribution >= 0.6 is 0 Å². The molecule has 7 heteroatoms. The van der Waals surface area contributed by atoms with Crippen molar-refractivity contribution in [1.29, 1.82) is 0 Å². The van der Waals surface area contributed by atoms with Crippen molar-refractivity contribution in [3.63, 3.8) is 0 Å². The highest BCUT2D eigenvalue weighted by atomic mass is 32.3. The SMILES string of the molecule is CC1CC(CS(=O)(=O)F)CN(C(=O)OC(C)(C)C)C1. The number of likely N-dealkylation sites (tertiary alicyclic amines) is 1. The molecule has 1 fully saturated rings. The van der Waals surface area contributed by atoms with Crippen molar-refractivity contribution in [3.8, 4) is 0 Å². The first kappa shape index (κ1) is 16.2. The summed E-state index contributed by atoms with van der Waals surface area (Å²) in [6, 6.07) is 0. The Hall–Kier alpha value is -0.850. The third-order valence-electron chi connectivity index (χ3n) is 2.83. The minimum absolute atomic E-state index is 0.132. The molecule has 1 amide bonds. The molecule has 19 heavy (non-hydrogen) atoms. The molecule has 1 aliphatic heterocycles. The first-order valence-corrected chi connectivity index (χ1v) is 7.92. The van der Waals surface area contributed by atoms with Gasteiger partial charge in [0, 0.05) is 13.1 Å². The van der Waals surface area contributed by atoms with E-state index in [0.29, 0.717) is 13.0 Å². The molecule has 0 aliphatic carbocycles. The molecular weight excluding hydrogens is 273 g/mol.